The van der Waals surface area contributed by atoms with Crippen molar-refractivity contribution < 1.29 is 19.4 Å². The predicted molar refractivity (Wildman–Crippen MR) is 109 cm³/mol. The molecular formula is C21H27N5O4. The third kappa shape index (κ3) is 2.65. The zero-order valence-corrected chi connectivity index (χ0v) is 17.2. The number of hydrogen-bond acceptors (Lipinski definition) is 7. The van der Waals surface area contributed by atoms with Crippen LogP contribution < -0.4 is 22.2 Å². The fourth-order valence-corrected chi connectivity index (χ4v) is 5.38. The first-order chi connectivity index (χ1) is 14.4. The fourth-order valence-electron chi connectivity index (χ4n) is 5.38. The van der Waals surface area contributed by atoms with Crippen molar-refractivity contribution in [2.45, 2.75) is 70.0 Å². The van der Waals surface area contributed by atoms with Gasteiger partial charge >= 0.3 is 6.09 Å². The number of methoxy groups -OCH3 is 1. The minimum Gasteiger partial charge on any atom is -0.505 e. The van der Waals surface area contributed by atoms with E-state index in [-0.39, 0.29) is 36.6 Å². The molecule has 1 aromatic carbocycles. The number of ether oxygens (including phenoxy) is 2. The first-order valence-electron chi connectivity index (χ1n) is 10.4. The quantitative estimate of drug-likeness (QED) is 0.685. The number of carbonyl (C=O) groups is 1. The summed E-state index contributed by atoms with van der Waals surface area (Å²) in [6.45, 7) is 2.31. The van der Waals surface area contributed by atoms with Gasteiger partial charge in [0.05, 0.1) is 40.1 Å². The van der Waals surface area contributed by atoms with Crippen LogP contribution in [-0.2, 0) is 22.6 Å². The molecule has 1 aromatic heterocycles. The largest absolute Gasteiger partial charge is 0.505 e. The molecule has 0 radical (unpaired) electrons. The Bertz CT molecular complexity index is 1170. The Morgan fingerprint density at radius 2 is 1.90 bits per heavy atom. The monoisotopic (exact) mass is 413 g/mol. The number of phenolic OH excluding ortho intramolecular Hbond substituents is 1. The summed E-state index contributed by atoms with van der Waals surface area (Å²) in [4.78, 5) is 21.5. The second kappa shape index (κ2) is 6.95. The molecule has 1 fully saturated rings. The van der Waals surface area contributed by atoms with Gasteiger partial charge in [0.1, 0.15) is 18.5 Å². The molecule has 0 saturated heterocycles. The number of benzene rings is 1. The summed E-state index contributed by atoms with van der Waals surface area (Å²) in [7, 11) is 1.60. The van der Waals surface area contributed by atoms with E-state index in [4.69, 9.17) is 30.9 Å². The molecule has 1 aliphatic carbocycles. The highest BCUT2D eigenvalue weighted by atomic mass is 16.5. The van der Waals surface area contributed by atoms with Gasteiger partial charge < -0.3 is 30.6 Å². The summed E-state index contributed by atoms with van der Waals surface area (Å²) in [5, 5.41) is 13.4. The summed E-state index contributed by atoms with van der Waals surface area (Å²) >= 11 is 0. The van der Waals surface area contributed by atoms with E-state index in [0.717, 1.165) is 53.0 Å². The topological polar surface area (TPSA) is 137 Å². The van der Waals surface area contributed by atoms with Gasteiger partial charge in [0.2, 0.25) is 0 Å². The summed E-state index contributed by atoms with van der Waals surface area (Å²) in [6, 6.07) is 0.0158. The molecule has 5 rings (SSSR count). The lowest BCUT2D eigenvalue weighted by molar-refractivity contribution is 0.0878. The van der Waals surface area contributed by atoms with E-state index < -0.39 is 6.09 Å². The number of phenols is 1. The lowest BCUT2D eigenvalue weighted by Crippen LogP contribution is -2.42. The molecule has 4 atom stereocenters. The van der Waals surface area contributed by atoms with Crippen molar-refractivity contribution in [1.29, 1.82) is 0 Å². The van der Waals surface area contributed by atoms with Crippen LogP contribution in [0, 0.1) is 6.92 Å². The lowest BCUT2D eigenvalue weighted by atomic mass is 9.89. The van der Waals surface area contributed by atoms with Gasteiger partial charge in [0, 0.05) is 30.2 Å². The number of fused-ring (bicyclic) bond motifs is 6. The molecule has 2 aliphatic heterocycles. The first-order valence-corrected chi connectivity index (χ1v) is 10.4. The molecule has 0 unspecified atom stereocenters. The highest BCUT2D eigenvalue weighted by Gasteiger charge is 2.38. The van der Waals surface area contributed by atoms with E-state index in [9.17, 15) is 9.90 Å². The van der Waals surface area contributed by atoms with Gasteiger partial charge in [0.15, 0.2) is 0 Å². The normalized spacial score (nSPS) is 27.0. The van der Waals surface area contributed by atoms with Crippen LogP contribution in [0.25, 0.3) is 10.9 Å². The van der Waals surface area contributed by atoms with Gasteiger partial charge in [-0.05, 0) is 19.8 Å². The van der Waals surface area contributed by atoms with Gasteiger partial charge in [-0.3, -0.25) is 9.98 Å². The molecule has 2 aromatic rings. The number of rotatable bonds is 3. The number of nitrogens with zero attached hydrogens (tertiary/aromatic N) is 3. The molecule has 0 spiro atoms. The second-order valence-corrected chi connectivity index (χ2v) is 8.47. The number of aromatic hydroxyl groups is 1. The van der Waals surface area contributed by atoms with E-state index >= 15 is 0 Å². The van der Waals surface area contributed by atoms with Crippen LogP contribution in [0.3, 0.4) is 0 Å². The predicted octanol–water partition coefficient (Wildman–Crippen LogP) is 0.843. The molecule has 3 heterocycles. The van der Waals surface area contributed by atoms with E-state index in [2.05, 4.69) is 0 Å². The highest BCUT2D eigenvalue weighted by molar-refractivity contribution is 5.91. The maximum absolute atomic E-state index is 11.4. The first kappa shape index (κ1) is 19.3. The average molecular weight is 413 g/mol. The maximum atomic E-state index is 11.4. The van der Waals surface area contributed by atoms with E-state index in [0.29, 0.717) is 17.6 Å². The Morgan fingerprint density at radius 3 is 2.53 bits per heavy atom. The Kier molecular flexibility index (Phi) is 4.48. The van der Waals surface area contributed by atoms with Crippen LogP contribution in [0.5, 0.6) is 5.75 Å². The van der Waals surface area contributed by atoms with Gasteiger partial charge in [0.25, 0.3) is 0 Å². The van der Waals surface area contributed by atoms with Gasteiger partial charge in [-0.2, -0.15) is 0 Å². The van der Waals surface area contributed by atoms with Crippen molar-refractivity contribution in [2.75, 3.05) is 7.11 Å². The number of primary amides is 1. The Morgan fingerprint density at radius 1 is 1.23 bits per heavy atom. The molecule has 160 valence electrons. The molecule has 9 heteroatoms. The van der Waals surface area contributed by atoms with Crippen molar-refractivity contribution >= 4 is 17.0 Å². The summed E-state index contributed by atoms with van der Waals surface area (Å²) < 4.78 is 12.8. The van der Waals surface area contributed by atoms with E-state index in [1.165, 1.54) is 0 Å². The third-order valence-corrected chi connectivity index (χ3v) is 6.75. The molecule has 3 aliphatic rings. The Labute approximate surface area is 173 Å². The Hall–Kier alpha value is -2.65. The third-order valence-electron chi connectivity index (χ3n) is 6.75. The summed E-state index contributed by atoms with van der Waals surface area (Å²) in [5.74, 6) is 0.160. The van der Waals surface area contributed by atoms with Crippen molar-refractivity contribution in [3.05, 3.63) is 27.5 Å². The van der Waals surface area contributed by atoms with Crippen molar-refractivity contribution in [2.24, 2.45) is 21.5 Å². The molecule has 0 bridgehead atoms. The van der Waals surface area contributed by atoms with Crippen molar-refractivity contribution in [3.63, 3.8) is 0 Å². The second-order valence-electron chi connectivity index (χ2n) is 8.47. The summed E-state index contributed by atoms with van der Waals surface area (Å²) in [6.07, 6.45) is 3.05. The van der Waals surface area contributed by atoms with Crippen LogP contribution in [0.2, 0.25) is 0 Å². The van der Waals surface area contributed by atoms with Gasteiger partial charge in [-0.25, -0.2) is 4.79 Å². The van der Waals surface area contributed by atoms with Crippen LogP contribution in [0.4, 0.5) is 4.79 Å². The van der Waals surface area contributed by atoms with E-state index in [1.807, 2.05) is 11.5 Å². The number of amides is 1. The van der Waals surface area contributed by atoms with Gasteiger partial charge in [-0.15, -0.1) is 0 Å². The van der Waals surface area contributed by atoms with Gasteiger partial charge in [-0.1, -0.05) is 12.8 Å². The van der Waals surface area contributed by atoms with Crippen LogP contribution in [-0.4, -0.2) is 41.0 Å². The number of carbonyl (C=O) groups excluding carboxylic acids is 1. The molecular weight excluding hydrogens is 386 g/mol. The SMILES string of the molecule is CO[C@@H]1c2c(COC(N)=O)c3c4c(c(C)c(O)c3n2C[C@@H]1N)=N[C@H]1CCCC[C@@H]1N=4. The van der Waals surface area contributed by atoms with Crippen molar-refractivity contribution in [1.82, 2.24) is 4.57 Å². The lowest BCUT2D eigenvalue weighted by Gasteiger charge is -2.28. The zero-order valence-electron chi connectivity index (χ0n) is 17.2. The number of nitrogens with two attached hydrogens (primary N) is 2. The smallest absolute Gasteiger partial charge is 0.404 e. The standard InChI is InChI=1S/C21H27N5O4/c1-9-15-16(25-13-6-4-3-5-12(13)24-15)14-10(8-30-21(23)28)17-20(29-2)11(22)7-26(17)18(14)19(9)27/h11-13,20,27H,3-8,22H2,1-2H3,(H2,23,28)/t11-,12-,13-,20-/m0/s1. The molecule has 9 nitrogen and oxygen atoms in total. The summed E-state index contributed by atoms with van der Waals surface area (Å²) in [5.41, 5.74) is 14.4. The average Bonchev–Trinajstić information content (AvgIpc) is 3.21. The highest BCUT2D eigenvalue weighted by Crippen LogP contribution is 2.41. The number of hydrogen-bond donors (Lipinski definition) is 3. The van der Waals surface area contributed by atoms with Crippen LogP contribution in [0.1, 0.15) is 48.6 Å². The zero-order chi connectivity index (χ0) is 21.2. The van der Waals surface area contributed by atoms with Crippen LogP contribution >= 0.6 is 0 Å². The van der Waals surface area contributed by atoms with Crippen LogP contribution in [0.15, 0.2) is 9.98 Å². The fraction of sp³-hybridized carbons (Fsp3) is 0.571. The minimum absolute atomic E-state index is 0.0424. The molecule has 30 heavy (non-hydrogen) atoms. The number of aromatic nitrogens is 1. The minimum atomic E-state index is -0.862. The van der Waals surface area contributed by atoms with Crippen molar-refractivity contribution in [3.8, 4) is 5.75 Å². The molecule has 1 amide bonds. The Balaban J connectivity index is 1.88. The van der Waals surface area contributed by atoms with E-state index in [1.54, 1.807) is 7.11 Å². The molecule has 1 saturated carbocycles. The maximum Gasteiger partial charge on any atom is 0.404 e. The molecule has 5 N–H and O–H groups in total.